The van der Waals surface area contributed by atoms with E-state index in [1.54, 1.807) is 6.07 Å². The van der Waals surface area contributed by atoms with E-state index in [1.165, 1.54) is 55.5 Å². The molecule has 1 amide bonds. The summed E-state index contributed by atoms with van der Waals surface area (Å²) in [6.45, 7) is 1.28. The van der Waals surface area contributed by atoms with Gasteiger partial charge in [0, 0.05) is 10.6 Å². The zero-order valence-corrected chi connectivity index (χ0v) is 18.5. The van der Waals surface area contributed by atoms with Crippen LogP contribution in [0.5, 0.6) is 0 Å². The van der Waals surface area contributed by atoms with E-state index >= 15 is 0 Å². The van der Waals surface area contributed by atoms with E-state index in [4.69, 9.17) is 16.3 Å². The maximum Gasteiger partial charge on any atom is 0.395 e. The van der Waals surface area contributed by atoms with Crippen LogP contribution in [0.3, 0.4) is 0 Å². The molecule has 3 rings (SSSR count). The first-order valence-electron chi connectivity index (χ1n) is 10.1. The number of hydrogen-bond acceptors (Lipinski definition) is 5. The van der Waals surface area contributed by atoms with Gasteiger partial charge in [-0.1, -0.05) is 41.9 Å². The van der Waals surface area contributed by atoms with Gasteiger partial charge >= 0.3 is 18.1 Å². The summed E-state index contributed by atoms with van der Waals surface area (Å²) in [5, 5.41) is 0.308. The van der Waals surface area contributed by atoms with E-state index in [-0.39, 0.29) is 17.7 Å². The van der Waals surface area contributed by atoms with Gasteiger partial charge in [-0.3, -0.25) is 9.59 Å². The summed E-state index contributed by atoms with van der Waals surface area (Å²) in [7, 11) is 0.927. The molecule has 1 heterocycles. The average molecular weight is 484 g/mol. The lowest BCUT2D eigenvalue weighted by Gasteiger charge is -2.31. The summed E-state index contributed by atoms with van der Waals surface area (Å²) in [6, 6.07) is 9.67. The average Bonchev–Trinajstić information content (AvgIpc) is 3.16. The number of rotatable bonds is 5. The molecule has 1 fully saturated rings. The number of methoxy groups -OCH3 is 1. The highest BCUT2D eigenvalue weighted by molar-refractivity contribution is 6.30. The Labute approximate surface area is 193 Å². The molecule has 0 spiro atoms. The third kappa shape index (κ3) is 4.83. The van der Waals surface area contributed by atoms with Crippen molar-refractivity contribution in [2.75, 3.05) is 13.7 Å². The number of benzene rings is 2. The van der Waals surface area contributed by atoms with Gasteiger partial charge in [-0.25, -0.2) is 4.79 Å². The van der Waals surface area contributed by atoms with Crippen LogP contribution in [0.1, 0.15) is 28.9 Å². The number of carbonyl (C=O) groups is 3. The Bertz CT molecular complexity index is 1010. The highest BCUT2D eigenvalue weighted by Gasteiger charge is 2.66. The minimum atomic E-state index is -5.02. The van der Waals surface area contributed by atoms with Crippen LogP contribution >= 0.6 is 11.6 Å². The summed E-state index contributed by atoms with van der Waals surface area (Å²) >= 11 is 5.94. The smallest absolute Gasteiger partial charge is 0.395 e. The van der Waals surface area contributed by atoms with Crippen molar-refractivity contribution in [2.45, 2.75) is 25.2 Å². The van der Waals surface area contributed by atoms with Gasteiger partial charge in [0.15, 0.2) is 0 Å². The topological polar surface area (TPSA) is 72.9 Å². The van der Waals surface area contributed by atoms with E-state index in [0.29, 0.717) is 5.02 Å². The van der Waals surface area contributed by atoms with Crippen molar-refractivity contribution in [3.8, 4) is 0 Å². The molecule has 6 nitrogen and oxygen atoms in total. The fraction of sp³-hybridized carbons (Fsp3) is 0.348. The SMILES string of the molecule is CCOC(=O)[C@H]1[C@H](C(F)(F)F)[C@H](C(=O)OC)N(C(=O)c2ccccc2)[C@@H]1c1ccc(Cl)cc1. The molecule has 0 saturated carbocycles. The molecule has 0 N–H and O–H groups in total. The maximum absolute atomic E-state index is 14.4. The molecular weight excluding hydrogens is 463 g/mol. The number of carbonyl (C=O) groups excluding carboxylic acids is 3. The number of alkyl halides is 3. The number of nitrogens with zero attached hydrogens (tertiary/aromatic N) is 1. The van der Waals surface area contributed by atoms with Crippen LogP contribution in [-0.2, 0) is 19.1 Å². The van der Waals surface area contributed by atoms with E-state index < -0.39 is 47.9 Å². The monoisotopic (exact) mass is 483 g/mol. The summed E-state index contributed by atoms with van der Waals surface area (Å²) in [5.74, 6) is -7.75. The molecule has 1 saturated heterocycles. The third-order valence-corrected chi connectivity index (χ3v) is 5.76. The molecule has 1 aliphatic heterocycles. The van der Waals surface area contributed by atoms with Crippen LogP contribution in [0, 0.1) is 11.8 Å². The number of halogens is 4. The Kier molecular flexibility index (Phi) is 7.31. The fourth-order valence-corrected chi connectivity index (χ4v) is 4.33. The first kappa shape index (κ1) is 24.6. The molecule has 0 bridgehead atoms. The van der Waals surface area contributed by atoms with Crippen LogP contribution in [0.15, 0.2) is 54.6 Å². The maximum atomic E-state index is 14.4. The van der Waals surface area contributed by atoms with Crippen molar-refractivity contribution in [2.24, 2.45) is 11.8 Å². The number of ether oxygens (including phenoxy) is 2. The van der Waals surface area contributed by atoms with Gasteiger partial charge in [-0.2, -0.15) is 13.2 Å². The zero-order chi connectivity index (χ0) is 24.3. The Morgan fingerprint density at radius 1 is 1.00 bits per heavy atom. The molecule has 176 valence electrons. The number of likely N-dealkylation sites (tertiary alicyclic amines) is 1. The Balaban J connectivity index is 2.29. The second-order valence-electron chi connectivity index (χ2n) is 7.39. The van der Waals surface area contributed by atoms with E-state index in [9.17, 15) is 27.6 Å². The molecule has 33 heavy (non-hydrogen) atoms. The second kappa shape index (κ2) is 9.82. The van der Waals surface area contributed by atoms with Crippen molar-refractivity contribution in [3.05, 3.63) is 70.7 Å². The summed E-state index contributed by atoms with van der Waals surface area (Å²) < 4.78 is 52.8. The molecule has 2 aromatic carbocycles. The first-order valence-corrected chi connectivity index (χ1v) is 10.4. The van der Waals surface area contributed by atoms with Crippen molar-refractivity contribution in [1.82, 2.24) is 4.90 Å². The molecule has 0 unspecified atom stereocenters. The van der Waals surface area contributed by atoms with E-state index in [0.717, 1.165) is 12.0 Å². The van der Waals surface area contributed by atoms with Gasteiger partial charge < -0.3 is 14.4 Å². The molecule has 0 aromatic heterocycles. The highest BCUT2D eigenvalue weighted by Crippen LogP contribution is 2.52. The number of amides is 1. The number of hydrogen-bond donors (Lipinski definition) is 0. The molecule has 4 atom stereocenters. The lowest BCUT2D eigenvalue weighted by Crippen LogP contribution is -2.48. The number of esters is 2. The van der Waals surface area contributed by atoms with Gasteiger partial charge in [0.25, 0.3) is 5.91 Å². The predicted octanol–water partition coefficient (Wildman–Crippen LogP) is 4.44. The Morgan fingerprint density at radius 2 is 1.61 bits per heavy atom. The second-order valence-corrected chi connectivity index (χ2v) is 7.82. The summed E-state index contributed by atoms with van der Waals surface area (Å²) in [4.78, 5) is 39.8. The first-order chi connectivity index (χ1) is 15.6. The lowest BCUT2D eigenvalue weighted by molar-refractivity contribution is -0.202. The third-order valence-electron chi connectivity index (χ3n) is 5.51. The van der Waals surface area contributed by atoms with Crippen LogP contribution in [0.4, 0.5) is 13.2 Å². The minimum absolute atomic E-state index is 0.0517. The Hall–Kier alpha value is -3.07. The molecule has 0 radical (unpaired) electrons. The predicted molar refractivity (Wildman–Crippen MR) is 112 cm³/mol. The van der Waals surface area contributed by atoms with Gasteiger partial charge in [0.2, 0.25) is 0 Å². The standard InChI is InChI=1S/C23H21ClF3NO5/c1-3-33-21(30)16-17(23(25,26)27)19(22(31)32-2)28(20(29)14-7-5-4-6-8-14)18(16)13-9-11-15(24)12-10-13/h4-12,16-19H,3H2,1-2H3/t16-,17-,18+,19+/m0/s1. The van der Waals surface area contributed by atoms with Gasteiger partial charge in [0.1, 0.15) is 12.0 Å². The van der Waals surface area contributed by atoms with Crippen molar-refractivity contribution >= 4 is 29.4 Å². The fourth-order valence-electron chi connectivity index (χ4n) is 4.20. The van der Waals surface area contributed by atoms with Gasteiger partial charge in [0.05, 0.1) is 25.7 Å². The highest BCUT2D eigenvalue weighted by atomic mass is 35.5. The normalized spacial score (nSPS) is 22.7. The molecular formula is C23H21ClF3NO5. The van der Waals surface area contributed by atoms with E-state index in [2.05, 4.69) is 4.74 Å². The van der Waals surface area contributed by atoms with Crippen LogP contribution < -0.4 is 0 Å². The molecule has 1 aliphatic rings. The molecule has 10 heteroatoms. The largest absolute Gasteiger partial charge is 0.467 e. The summed E-state index contributed by atoms with van der Waals surface area (Å²) in [5.41, 5.74) is 0.248. The summed E-state index contributed by atoms with van der Waals surface area (Å²) in [6.07, 6.45) is -5.02. The Morgan fingerprint density at radius 3 is 2.12 bits per heavy atom. The molecule has 2 aromatic rings. The molecule has 0 aliphatic carbocycles. The van der Waals surface area contributed by atoms with Crippen molar-refractivity contribution in [3.63, 3.8) is 0 Å². The van der Waals surface area contributed by atoms with Gasteiger partial charge in [-0.15, -0.1) is 0 Å². The lowest BCUT2D eigenvalue weighted by atomic mass is 9.84. The van der Waals surface area contributed by atoms with Gasteiger partial charge in [-0.05, 0) is 36.8 Å². The minimum Gasteiger partial charge on any atom is -0.467 e. The van der Waals surface area contributed by atoms with Crippen LogP contribution in [0.2, 0.25) is 5.02 Å². The zero-order valence-electron chi connectivity index (χ0n) is 17.7. The van der Waals surface area contributed by atoms with Crippen LogP contribution in [-0.4, -0.2) is 48.7 Å². The van der Waals surface area contributed by atoms with Crippen LogP contribution in [0.25, 0.3) is 0 Å². The van der Waals surface area contributed by atoms with E-state index in [1.807, 2.05) is 0 Å². The van der Waals surface area contributed by atoms with Crippen molar-refractivity contribution < 1.29 is 37.0 Å². The quantitative estimate of drug-likeness (QED) is 0.588. The van der Waals surface area contributed by atoms with Crippen molar-refractivity contribution in [1.29, 1.82) is 0 Å².